The average molecular weight is 285 g/mol. The van der Waals surface area contributed by atoms with Crippen molar-refractivity contribution in [2.45, 2.75) is 13.8 Å². The predicted molar refractivity (Wildman–Crippen MR) is 78.1 cm³/mol. The summed E-state index contributed by atoms with van der Waals surface area (Å²) in [6, 6.07) is 7.19. The molecular formula is C16H15NO4. The number of hydrogen-bond acceptors (Lipinski definition) is 4. The number of benzene rings is 2. The summed E-state index contributed by atoms with van der Waals surface area (Å²) in [7, 11) is 0. The molecule has 0 fully saturated rings. The minimum absolute atomic E-state index is 0.394. The lowest BCUT2D eigenvalue weighted by Gasteiger charge is -2.21. The molecule has 0 bridgehead atoms. The molecule has 0 unspecified atom stereocenters. The Hall–Kier alpha value is -2.56. The van der Waals surface area contributed by atoms with Gasteiger partial charge in [-0.15, -0.1) is 0 Å². The van der Waals surface area contributed by atoms with Crippen molar-refractivity contribution in [2.75, 3.05) is 13.2 Å². The van der Waals surface area contributed by atoms with Crippen LogP contribution in [-0.2, 0) is 0 Å². The van der Waals surface area contributed by atoms with Crippen molar-refractivity contribution in [2.24, 2.45) is 0 Å². The highest BCUT2D eigenvalue weighted by Crippen LogP contribution is 2.37. The molecule has 2 aromatic carbocycles. The number of imide groups is 1. The highest BCUT2D eigenvalue weighted by Gasteiger charge is 2.30. The van der Waals surface area contributed by atoms with Crippen LogP contribution < -0.4 is 14.8 Å². The van der Waals surface area contributed by atoms with Gasteiger partial charge < -0.3 is 9.47 Å². The fourth-order valence-electron chi connectivity index (χ4n) is 2.61. The Morgan fingerprint density at radius 3 is 1.76 bits per heavy atom. The zero-order valence-electron chi connectivity index (χ0n) is 11.9. The Labute approximate surface area is 121 Å². The van der Waals surface area contributed by atoms with Gasteiger partial charge in [0.1, 0.15) is 11.5 Å². The molecule has 0 aromatic heterocycles. The second-order valence-electron chi connectivity index (χ2n) is 4.62. The molecule has 1 aliphatic heterocycles. The number of nitrogens with one attached hydrogen (secondary N) is 1. The van der Waals surface area contributed by atoms with Crippen LogP contribution in [0.4, 0.5) is 0 Å². The lowest BCUT2D eigenvalue weighted by Crippen LogP contribution is -2.35. The Balaban J connectivity index is 2.39. The molecule has 5 heteroatoms. The molecule has 1 heterocycles. The Bertz CT molecular complexity index is 693. The zero-order chi connectivity index (χ0) is 15.0. The van der Waals surface area contributed by atoms with Gasteiger partial charge in [0, 0.05) is 5.39 Å². The number of carbonyl (C=O) groups is 2. The van der Waals surface area contributed by atoms with Crippen molar-refractivity contribution in [3.63, 3.8) is 0 Å². The van der Waals surface area contributed by atoms with Crippen molar-refractivity contribution in [3.05, 3.63) is 35.4 Å². The third-order valence-corrected chi connectivity index (χ3v) is 3.39. The molecule has 0 saturated heterocycles. The first-order chi connectivity index (χ1) is 10.2. The Kier molecular flexibility index (Phi) is 3.25. The summed E-state index contributed by atoms with van der Waals surface area (Å²) in [6.45, 7) is 4.58. The number of rotatable bonds is 4. The fourth-order valence-corrected chi connectivity index (χ4v) is 2.61. The van der Waals surface area contributed by atoms with Crippen LogP contribution in [0.3, 0.4) is 0 Å². The molecule has 2 aromatic rings. The van der Waals surface area contributed by atoms with Gasteiger partial charge in [-0.1, -0.05) is 12.1 Å². The van der Waals surface area contributed by atoms with Crippen molar-refractivity contribution in [1.29, 1.82) is 0 Å². The lowest BCUT2D eigenvalue weighted by atomic mass is 9.93. The van der Waals surface area contributed by atoms with E-state index in [1.807, 2.05) is 26.0 Å². The molecule has 0 radical (unpaired) electrons. The smallest absolute Gasteiger partial charge is 0.262 e. The van der Waals surface area contributed by atoms with E-state index in [1.54, 1.807) is 12.1 Å². The van der Waals surface area contributed by atoms with E-state index < -0.39 is 11.8 Å². The molecule has 1 N–H and O–H groups in total. The molecule has 108 valence electrons. The quantitative estimate of drug-likeness (QED) is 0.877. The molecular weight excluding hydrogens is 270 g/mol. The lowest BCUT2D eigenvalue weighted by molar-refractivity contribution is 0.0841. The summed E-state index contributed by atoms with van der Waals surface area (Å²) in [5.74, 6) is 0.0835. The van der Waals surface area contributed by atoms with Gasteiger partial charge in [-0.25, -0.2) is 0 Å². The van der Waals surface area contributed by atoms with E-state index >= 15 is 0 Å². The van der Waals surface area contributed by atoms with E-state index in [-0.39, 0.29) is 0 Å². The van der Waals surface area contributed by atoms with Gasteiger partial charge in [0.15, 0.2) is 0 Å². The van der Waals surface area contributed by atoms with E-state index in [1.165, 1.54) is 0 Å². The summed E-state index contributed by atoms with van der Waals surface area (Å²) in [4.78, 5) is 24.4. The second kappa shape index (κ2) is 5.09. The van der Waals surface area contributed by atoms with Crippen LogP contribution in [0.15, 0.2) is 24.3 Å². The molecule has 1 aliphatic rings. The first kappa shape index (κ1) is 13.4. The zero-order valence-corrected chi connectivity index (χ0v) is 11.9. The Morgan fingerprint density at radius 1 is 0.857 bits per heavy atom. The first-order valence-electron chi connectivity index (χ1n) is 6.88. The summed E-state index contributed by atoms with van der Waals surface area (Å²) >= 11 is 0. The van der Waals surface area contributed by atoms with Gasteiger partial charge in [-0.05, 0) is 31.4 Å². The molecule has 0 saturated carbocycles. The monoisotopic (exact) mass is 285 g/mol. The van der Waals surface area contributed by atoms with Gasteiger partial charge in [-0.2, -0.15) is 0 Å². The van der Waals surface area contributed by atoms with Gasteiger partial charge in [-0.3, -0.25) is 14.9 Å². The Morgan fingerprint density at radius 2 is 1.33 bits per heavy atom. The number of carbonyl (C=O) groups excluding carboxylic acids is 2. The standard InChI is InChI=1S/C16H15NO4/c1-3-20-10-7-5-9-6-8-11(21-4-2)14-12(9)13(10)15(18)17-16(14)19/h5-8H,3-4H2,1-2H3,(H,17,18,19). The van der Waals surface area contributed by atoms with E-state index in [2.05, 4.69) is 5.32 Å². The van der Waals surface area contributed by atoms with E-state index in [0.29, 0.717) is 41.2 Å². The normalized spacial score (nSPS) is 13.2. The topological polar surface area (TPSA) is 64.6 Å². The van der Waals surface area contributed by atoms with Crippen molar-refractivity contribution in [1.82, 2.24) is 5.32 Å². The predicted octanol–water partition coefficient (Wildman–Crippen LogP) is 2.52. The van der Waals surface area contributed by atoms with Gasteiger partial charge in [0.25, 0.3) is 11.8 Å². The van der Waals surface area contributed by atoms with Crippen molar-refractivity contribution >= 4 is 22.6 Å². The SMILES string of the molecule is CCOc1ccc2ccc(OCC)c3c2c1C(=O)NC3=O. The highest BCUT2D eigenvalue weighted by molar-refractivity contribution is 6.27. The molecule has 21 heavy (non-hydrogen) atoms. The van der Waals surface area contributed by atoms with Crippen LogP contribution >= 0.6 is 0 Å². The maximum atomic E-state index is 12.2. The van der Waals surface area contributed by atoms with E-state index in [9.17, 15) is 9.59 Å². The molecule has 5 nitrogen and oxygen atoms in total. The van der Waals surface area contributed by atoms with Crippen LogP contribution in [0.2, 0.25) is 0 Å². The maximum absolute atomic E-state index is 12.2. The first-order valence-corrected chi connectivity index (χ1v) is 6.88. The summed E-state index contributed by atoms with van der Waals surface area (Å²) < 4.78 is 11.0. The van der Waals surface area contributed by atoms with Gasteiger partial charge >= 0.3 is 0 Å². The van der Waals surface area contributed by atoms with E-state index in [0.717, 1.165) is 5.39 Å². The van der Waals surface area contributed by atoms with Crippen molar-refractivity contribution in [3.8, 4) is 11.5 Å². The fraction of sp³-hybridized carbons (Fsp3) is 0.250. The minimum Gasteiger partial charge on any atom is -0.493 e. The van der Waals surface area contributed by atoms with Crippen molar-refractivity contribution < 1.29 is 19.1 Å². The van der Waals surface area contributed by atoms with E-state index in [4.69, 9.17) is 9.47 Å². The average Bonchev–Trinajstić information content (AvgIpc) is 2.46. The van der Waals surface area contributed by atoms with Crippen LogP contribution in [-0.4, -0.2) is 25.0 Å². The molecule has 0 atom stereocenters. The molecule has 0 spiro atoms. The largest absolute Gasteiger partial charge is 0.493 e. The van der Waals surface area contributed by atoms with Crippen LogP contribution in [0, 0.1) is 0 Å². The van der Waals surface area contributed by atoms with Crippen LogP contribution in [0.5, 0.6) is 11.5 Å². The van der Waals surface area contributed by atoms with Crippen LogP contribution in [0.25, 0.3) is 10.8 Å². The summed E-state index contributed by atoms with van der Waals surface area (Å²) in [5, 5.41) is 3.77. The molecule has 2 amide bonds. The maximum Gasteiger partial charge on any atom is 0.262 e. The third-order valence-electron chi connectivity index (χ3n) is 3.39. The van der Waals surface area contributed by atoms with Gasteiger partial charge in [0.05, 0.1) is 24.3 Å². The summed E-state index contributed by atoms with van der Waals surface area (Å²) in [5.41, 5.74) is 0.788. The number of amides is 2. The summed E-state index contributed by atoms with van der Waals surface area (Å²) in [6.07, 6.45) is 0. The minimum atomic E-state index is -0.435. The van der Waals surface area contributed by atoms with Crippen LogP contribution in [0.1, 0.15) is 34.6 Å². The second-order valence-corrected chi connectivity index (χ2v) is 4.62. The van der Waals surface area contributed by atoms with Gasteiger partial charge in [0.2, 0.25) is 0 Å². The third kappa shape index (κ3) is 2.01. The number of hydrogen-bond donors (Lipinski definition) is 1. The molecule has 3 rings (SSSR count). The highest BCUT2D eigenvalue weighted by atomic mass is 16.5. The molecule has 0 aliphatic carbocycles. The number of ether oxygens (including phenoxy) is 2.